The van der Waals surface area contributed by atoms with E-state index in [1.807, 2.05) is 18.9 Å². The summed E-state index contributed by atoms with van der Waals surface area (Å²) in [5, 5.41) is 0. The molecule has 1 aromatic rings. The van der Waals surface area contributed by atoms with Gasteiger partial charge in [0.1, 0.15) is 0 Å². The van der Waals surface area contributed by atoms with Crippen LogP contribution in [0.3, 0.4) is 0 Å². The number of hydrogen-bond donors (Lipinski definition) is 0. The van der Waals surface area contributed by atoms with Crippen molar-refractivity contribution in [3.8, 4) is 0 Å². The molecule has 0 aliphatic carbocycles. The summed E-state index contributed by atoms with van der Waals surface area (Å²) in [6.45, 7) is 5.90. The highest BCUT2D eigenvalue weighted by atomic mass is 79.9. The summed E-state index contributed by atoms with van der Waals surface area (Å²) in [6.07, 6.45) is 0.193. The molecule has 0 aromatic heterocycles. The predicted molar refractivity (Wildman–Crippen MR) is 101 cm³/mol. The lowest BCUT2D eigenvalue weighted by Gasteiger charge is -2.21. The fourth-order valence-corrected chi connectivity index (χ4v) is 2.28. The molecule has 0 bridgehead atoms. The summed E-state index contributed by atoms with van der Waals surface area (Å²) in [5.74, 6) is -4.90. The molecule has 0 N–H and O–H groups in total. The maximum atomic E-state index is 13.1. The van der Waals surface area contributed by atoms with Crippen LogP contribution < -0.4 is 0 Å². The number of esters is 1. The Morgan fingerprint density at radius 1 is 1.26 bits per heavy atom. The van der Waals surface area contributed by atoms with Gasteiger partial charge in [-0.05, 0) is 66.4 Å². The Bertz CT molecular complexity index is 691. The van der Waals surface area contributed by atoms with Crippen molar-refractivity contribution >= 4 is 33.9 Å². The van der Waals surface area contributed by atoms with Gasteiger partial charge >= 0.3 is 16.7 Å². The molecule has 4 nitrogen and oxygen atoms in total. The van der Waals surface area contributed by atoms with Crippen molar-refractivity contribution in [2.75, 3.05) is 20.2 Å². The Labute approximate surface area is 164 Å². The zero-order valence-corrected chi connectivity index (χ0v) is 17.2. The third kappa shape index (κ3) is 6.79. The van der Waals surface area contributed by atoms with Crippen molar-refractivity contribution < 1.29 is 27.1 Å². The highest BCUT2D eigenvalue weighted by Gasteiger charge is 2.53. The van der Waals surface area contributed by atoms with Crippen LogP contribution >= 0.6 is 15.9 Å². The minimum absolute atomic E-state index is 0.285. The van der Waals surface area contributed by atoms with Crippen LogP contribution in [0, 0.1) is 13.8 Å². The van der Waals surface area contributed by atoms with Gasteiger partial charge in [0.05, 0.1) is 24.2 Å². The summed E-state index contributed by atoms with van der Waals surface area (Å²) in [4.78, 5) is 14.1. The van der Waals surface area contributed by atoms with Crippen molar-refractivity contribution in [2.45, 2.75) is 44.4 Å². The summed E-state index contributed by atoms with van der Waals surface area (Å²) < 4.78 is 56.6. The number of halogens is 5. The second-order valence-electron chi connectivity index (χ2n) is 6.21. The summed E-state index contributed by atoms with van der Waals surface area (Å²) in [5.41, 5.74) is 2.35. The van der Waals surface area contributed by atoms with E-state index in [0.29, 0.717) is 11.3 Å². The van der Waals surface area contributed by atoms with Crippen molar-refractivity contribution in [3.05, 3.63) is 28.8 Å². The molecule has 152 valence electrons. The van der Waals surface area contributed by atoms with E-state index in [-0.39, 0.29) is 18.6 Å². The van der Waals surface area contributed by atoms with Crippen molar-refractivity contribution in [1.29, 1.82) is 0 Å². The third-order valence-corrected chi connectivity index (χ3v) is 4.52. The van der Waals surface area contributed by atoms with E-state index < -0.39 is 23.1 Å². The second kappa shape index (κ2) is 9.52. The number of carbonyl (C=O) groups excluding carboxylic acids is 1. The molecule has 0 heterocycles. The number of ether oxygens (including phenoxy) is 1. The zero-order chi connectivity index (χ0) is 20.8. The first-order valence-corrected chi connectivity index (χ1v) is 9.15. The SMILES string of the molecule is CCN(C)/C=N/c1cc(C)c(C(=O)OCCCC(F)(F)C(F)(F)Br)cc1C. The first-order valence-electron chi connectivity index (χ1n) is 8.36. The summed E-state index contributed by atoms with van der Waals surface area (Å²) >= 11 is 1.66. The van der Waals surface area contributed by atoms with E-state index in [1.165, 1.54) is 0 Å². The van der Waals surface area contributed by atoms with E-state index in [9.17, 15) is 22.4 Å². The molecule has 0 saturated heterocycles. The van der Waals surface area contributed by atoms with Gasteiger partial charge in [-0.3, -0.25) is 0 Å². The van der Waals surface area contributed by atoms with Crippen molar-refractivity contribution in [2.24, 2.45) is 4.99 Å². The number of nitrogens with zero attached hydrogens (tertiary/aromatic N) is 2. The van der Waals surface area contributed by atoms with Gasteiger partial charge in [-0.25, -0.2) is 9.79 Å². The molecular formula is C18H23BrF4N2O2. The number of carbonyl (C=O) groups is 1. The molecule has 1 rings (SSSR count). The Morgan fingerprint density at radius 3 is 2.44 bits per heavy atom. The second-order valence-corrected chi connectivity index (χ2v) is 7.21. The Kier molecular flexibility index (Phi) is 8.25. The molecule has 0 radical (unpaired) electrons. The van der Waals surface area contributed by atoms with Crippen molar-refractivity contribution in [1.82, 2.24) is 4.90 Å². The lowest BCUT2D eigenvalue weighted by Crippen LogP contribution is -2.35. The molecule has 0 saturated carbocycles. The maximum absolute atomic E-state index is 13.1. The van der Waals surface area contributed by atoms with Gasteiger partial charge in [0, 0.05) is 20.0 Å². The summed E-state index contributed by atoms with van der Waals surface area (Å²) in [7, 11) is 1.88. The van der Waals surface area contributed by atoms with E-state index in [4.69, 9.17) is 4.74 Å². The van der Waals surface area contributed by atoms with Gasteiger partial charge in [0.15, 0.2) is 0 Å². The number of aliphatic imine (C=N–C) groups is 1. The standard InChI is InChI=1S/C18H23BrF4N2O2/c1-5-25(4)11-24-15-10-12(2)14(9-13(15)3)16(26)27-8-6-7-17(20,21)18(19,22)23/h9-11H,5-8H2,1-4H3/b24-11+. The molecule has 0 fully saturated rings. The molecule has 0 unspecified atom stereocenters. The predicted octanol–water partition coefficient (Wildman–Crippen LogP) is 5.47. The molecule has 0 atom stereocenters. The lowest BCUT2D eigenvalue weighted by atomic mass is 10.0. The minimum Gasteiger partial charge on any atom is -0.462 e. The molecule has 0 amide bonds. The number of alkyl halides is 5. The summed E-state index contributed by atoms with van der Waals surface area (Å²) in [6, 6.07) is 3.34. The normalized spacial score (nSPS) is 12.5. The highest BCUT2D eigenvalue weighted by Crippen LogP contribution is 2.42. The average molecular weight is 455 g/mol. The zero-order valence-electron chi connectivity index (χ0n) is 15.7. The Morgan fingerprint density at radius 2 is 1.89 bits per heavy atom. The average Bonchev–Trinajstić information content (AvgIpc) is 2.57. The quantitative estimate of drug-likeness (QED) is 0.124. The smallest absolute Gasteiger partial charge is 0.363 e. The van der Waals surface area contributed by atoms with Crippen LogP contribution in [-0.2, 0) is 4.74 Å². The fraction of sp³-hybridized carbons (Fsp3) is 0.556. The van der Waals surface area contributed by atoms with Crippen LogP contribution in [0.2, 0.25) is 0 Å². The number of rotatable bonds is 9. The third-order valence-electron chi connectivity index (χ3n) is 3.94. The van der Waals surface area contributed by atoms with Gasteiger partial charge in [-0.2, -0.15) is 17.6 Å². The van der Waals surface area contributed by atoms with E-state index in [0.717, 1.165) is 12.1 Å². The number of hydrogen-bond acceptors (Lipinski definition) is 3. The fourth-order valence-electron chi connectivity index (χ4n) is 2.08. The Balaban J connectivity index is 2.71. The van der Waals surface area contributed by atoms with E-state index in [2.05, 4.69) is 4.99 Å². The maximum Gasteiger partial charge on any atom is 0.363 e. The van der Waals surface area contributed by atoms with Gasteiger partial charge in [0.2, 0.25) is 0 Å². The van der Waals surface area contributed by atoms with Crippen LogP contribution in [0.4, 0.5) is 23.2 Å². The van der Waals surface area contributed by atoms with Crippen LogP contribution in [-0.4, -0.2) is 48.2 Å². The molecule has 27 heavy (non-hydrogen) atoms. The van der Waals surface area contributed by atoms with Gasteiger partial charge in [-0.15, -0.1) is 0 Å². The largest absolute Gasteiger partial charge is 0.462 e. The van der Waals surface area contributed by atoms with Gasteiger partial charge in [-0.1, -0.05) is 0 Å². The Hall–Kier alpha value is -1.64. The topological polar surface area (TPSA) is 41.9 Å². The van der Waals surface area contributed by atoms with Crippen LogP contribution in [0.15, 0.2) is 17.1 Å². The minimum atomic E-state index is -4.29. The van der Waals surface area contributed by atoms with E-state index in [1.54, 1.807) is 48.2 Å². The number of benzene rings is 1. The molecular weight excluding hydrogens is 432 g/mol. The number of aryl methyl sites for hydroxylation is 2. The lowest BCUT2D eigenvalue weighted by molar-refractivity contribution is -0.152. The molecule has 0 spiro atoms. The first kappa shape index (κ1) is 23.4. The first-order chi connectivity index (χ1) is 12.4. The van der Waals surface area contributed by atoms with Gasteiger partial charge in [0.25, 0.3) is 0 Å². The molecule has 9 heteroatoms. The molecule has 0 aliphatic rings. The highest BCUT2D eigenvalue weighted by molar-refractivity contribution is 9.10. The van der Waals surface area contributed by atoms with Crippen molar-refractivity contribution in [3.63, 3.8) is 0 Å². The van der Waals surface area contributed by atoms with Crippen LogP contribution in [0.5, 0.6) is 0 Å². The van der Waals surface area contributed by atoms with Gasteiger partial charge < -0.3 is 9.64 Å². The van der Waals surface area contributed by atoms with Crippen LogP contribution in [0.25, 0.3) is 0 Å². The van der Waals surface area contributed by atoms with E-state index >= 15 is 0 Å². The molecule has 1 aromatic carbocycles. The monoisotopic (exact) mass is 454 g/mol. The van der Waals surface area contributed by atoms with Crippen LogP contribution in [0.1, 0.15) is 41.3 Å². The molecule has 0 aliphatic heterocycles.